The average molecular weight is 1250 g/mol. The second kappa shape index (κ2) is 24.6. The minimum Gasteiger partial charge on any atom is -0.308 e. The topological polar surface area (TPSA) is 120 Å². The Balaban J connectivity index is 0.982. The van der Waals surface area contributed by atoms with Gasteiger partial charge in [-0.05, 0) is 187 Å². The van der Waals surface area contributed by atoms with Gasteiger partial charge in [0.1, 0.15) is 0 Å². The quantitative estimate of drug-likeness (QED) is 0.120. The summed E-state index contributed by atoms with van der Waals surface area (Å²) in [5.74, 6) is 1.21. The Kier molecular flexibility index (Phi) is 14.5. The van der Waals surface area contributed by atoms with Gasteiger partial charge in [0.25, 0.3) is 0 Å². The van der Waals surface area contributed by atoms with Crippen LogP contribution in [0.5, 0.6) is 0 Å². The highest BCUT2D eigenvalue weighted by Crippen LogP contribution is 2.45. The van der Waals surface area contributed by atoms with E-state index in [-0.39, 0.29) is 0 Å². The minimum atomic E-state index is 0.398. The van der Waals surface area contributed by atoms with Crippen molar-refractivity contribution in [1.29, 1.82) is 15.8 Å². The van der Waals surface area contributed by atoms with E-state index in [1.807, 2.05) is 109 Å². The zero-order chi connectivity index (χ0) is 65.6. The van der Waals surface area contributed by atoms with Crippen LogP contribution < -0.4 is 0 Å². The van der Waals surface area contributed by atoms with Gasteiger partial charge < -0.3 is 9.13 Å². The van der Waals surface area contributed by atoms with E-state index in [2.05, 4.69) is 246 Å². The lowest BCUT2D eigenvalue weighted by Gasteiger charge is -2.19. The molecule has 0 saturated carbocycles. The number of hydrogen-bond acceptors (Lipinski definition) is 6. The van der Waals surface area contributed by atoms with Gasteiger partial charge in [-0.3, -0.25) is 0 Å². The second-order valence-electron chi connectivity index (χ2n) is 24.5. The largest absolute Gasteiger partial charge is 0.308 e. The van der Waals surface area contributed by atoms with E-state index in [1.54, 1.807) is 0 Å². The molecule has 0 saturated heterocycles. The van der Waals surface area contributed by atoms with Crippen LogP contribution in [0, 0.1) is 34.0 Å². The van der Waals surface area contributed by atoms with Gasteiger partial charge in [-0.15, -0.1) is 0 Å². The molecule has 8 heteroatoms. The Bertz CT molecular complexity index is 5610. The molecule has 17 aromatic rings. The molecule has 0 unspecified atom stereocenters. The van der Waals surface area contributed by atoms with E-state index in [9.17, 15) is 15.8 Å². The van der Waals surface area contributed by atoms with Crippen LogP contribution in [0.1, 0.15) is 16.7 Å². The van der Waals surface area contributed by atoms with Crippen molar-refractivity contribution in [3.8, 4) is 142 Å². The first-order chi connectivity index (χ1) is 48.4. The summed E-state index contributed by atoms with van der Waals surface area (Å²) in [4.78, 5) is 17.3. The lowest BCUT2D eigenvalue weighted by Crippen LogP contribution is -2.06. The molecule has 0 aliphatic rings. The van der Waals surface area contributed by atoms with Gasteiger partial charge in [-0.2, -0.15) is 15.8 Å². The molecular formula is C90H54N8. The normalized spacial score (nSPS) is 11.2. The maximum atomic E-state index is 10.3. The van der Waals surface area contributed by atoms with Crippen LogP contribution in [-0.4, -0.2) is 24.1 Å². The van der Waals surface area contributed by atoms with Crippen molar-refractivity contribution in [3.63, 3.8) is 0 Å². The third kappa shape index (κ3) is 10.5. The van der Waals surface area contributed by atoms with Crippen molar-refractivity contribution < 1.29 is 0 Å². The molecular weight excluding hydrogens is 1190 g/mol. The SMILES string of the molecule is N#Cc1ccc(-c2ccccc2-c2nc(-c3cc(-c4cccc(C#N)c4)ccc3-n3c4ccc(-c5ccccc5)cc4c4cc(-c5ccccc5)ccc43)nc(-c3cc(-c4cccc(C#N)c4)ccc3-n3c4ccc(-c5ccccc5)cc4c4cc(-c5ccccc5)ccc43)n2)cc1. The fourth-order valence-electron chi connectivity index (χ4n) is 13.9. The van der Waals surface area contributed by atoms with Gasteiger partial charge in [0, 0.05) is 38.2 Å². The highest BCUT2D eigenvalue weighted by molar-refractivity contribution is 6.14. The summed E-state index contributed by atoms with van der Waals surface area (Å²) in [5.41, 5.74) is 23.4. The lowest BCUT2D eigenvalue weighted by atomic mass is 9.97. The number of benzene rings is 14. The number of aromatic nitrogens is 5. The summed E-state index contributed by atoms with van der Waals surface area (Å²) in [7, 11) is 0. The molecule has 0 aliphatic heterocycles. The molecule has 0 atom stereocenters. The molecule has 0 spiro atoms. The summed E-state index contributed by atoms with van der Waals surface area (Å²) in [6.07, 6.45) is 0. The molecule has 8 nitrogen and oxygen atoms in total. The van der Waals surface area contributed by atoms with Crippen molar-refractivity contribution in [2.24, 2.45) is 0 Å². The molecule has 14 aromatic carbocycles. The molecule has 454 valence electrons. The predicted octanol–water partition coefficient (Wildman–Crippen LogP) is 22.4. The zero-order valence-corrected chi connectivity index (χ0v) is 52.8. The first-order valence-electron chi connectivity index (χ1n) is 32.5. The van der Waals surface area contributed by atoms with Crippen molar-refractivity contribution in [2.75, 3.05) is 0 Å². The number of rotatable bonds is 12. The van der Waals surface area contributed by atoms with Crippen LogP contribution in [0.4, 0.5) is 0 Å². The van der Waals surface area contributed by atoms with E-state index in [0.717, 1.165) is 138 Å². The molecule has 0 radical (unpaired) electrons. The summed E-state index contributed by atoms with van der Waals surface area (Å²) < 4.78 is 4.68. The number of hydrogen-bond donors (Lipinski definition) is 0. The number of nitriles is 3. The smallest absolute Gasteiger partial charge is 0.166 e. The standard InChI is InChI=1S/C90H54N8/c91-55-58-31-33-65(34-32-58)74-29-13-14-30-75(74)88-94-89(80-53-72(66-27-15-17-59(47-66)56-92)39-45-86(80)97-82-41-35-68(61-19-5-1-6-20-61)49-76(82)77-50-69(36-42-83(77)97)62-21-7-2-8-22-62)96-90(95-88)81-54-73(67-28-16-18-60(48-67)57-93)40-46-87(81)98-84-43-37-70(63-23-9-3-10-24-63)51-78(84)79-52-71(38-44-85(79)98)64-25-11-4-12-26-64/h1-54H. The minimum absolute atomic E-state index is 0.398. The molecule has 0 N–H and O–H groups in total. The molecule has 3 heterocycles. The maximum absolute atomic E-state index is 10.3. The summed E-state index contributed by atoms with van der Waals surface area (Å²) in [6.45, 7) is 0. The monoisotopic (exact) mass is 1250 g/mol. The predicted molar refractivity (Wildman–Crippen MR) is 397 cm³/mol. The second-order valence-corrected chi connectivity index (χ2v) is 24.5. The summed E-state index contributed by atoms with van der Waals surface area (Å²) in [6, 6.07) is 120. The average Bonchev–Trinajstić information content (AvgIpc) is 1.69. The molecule has 0 fully saturated rings. The molecule has 17 rings (SSSR count). The van der Waals surface area contributed by atoms with E-state index in [0.29, 0.717) is 45.3 Å². The van der Waals surface area contributed by atoms with Gasteiger partial charge in [0.2, 0.25) is 0 Å². The third-order valence-corrected chi connectivity index (χ3v) is 18.7. The summed E-state index contributed by atoms with van der Waals surface area (Å²) >= 11 is 0. The maximum Gasteiger partial charge on any atom is 0.166 e. The van der Waals surface area contributed by atoms with Crippen LogP contribution in [0.25, 0.3) is 167 Å². The lowest BCUT2D eigenvalue weighted by molar-refractivity contribution is 1.06. The van der Waals surface area contributed by atoms with Crippen molar-refractivity contribution >= 4 is 43.6 Å². The van der Waals surface area contributed by atoms with Gasteiger partial charge in [-0.25, -0.2) is 15.0 Å². The zero-order valence-electron chi connectivity index (χ0n) is 52.8. The molecule has 3 aromatic heterocycles. The van der Waals surface area contributed by atoms with Crippen LogP contribution in [-0.2, 0) is 0 Å². The highest BCUT2D eigenvalue weighted by atomic mass is 15.1. The van der Waals surface area contributed by atoms with Gasteiger partial charge in [0.15, 0.2) is 17.5 Å². The van der Waals surface area contributed by atoms with Gasteiger partial charge in [-0.1, -0.05) is 218 Å². The fraction of sp³-hybridized carbons (Fsp3) is 0. The van der Waals surface area contributed by atoms with E-state index >= 15 is 0 Å². The van der Waals surface area contributed by atoms with Crippen LogP contribution in [0.2, 0.25) is 0 Å². The molecule has 0 amide bonds. The fourth-order valence-corrected chi connectivity index (χ4v) is 13.9. The number of fused-ring (bicyclic) bond motifs is 6. The Hall–Kier alpha value is -13.8. The van der Waals surface area contributed by atoms with Crippen molar-refractivity contribution in [3.05, 3.63) is 344 Å². The summed E-state index contributed by atoms with van der Waals surface area (Å²) in [5, 5.41) is 35.0. The molecule has 98 heavy (non-hydrogen) atoms. The van der Waals surface area contributed by atoms with Gasteiger partial charge in [0.05, 0.1) is 68.3 Å². The van der Waals surface area contributed by atoms with Crippen LogP contribution in [0.3, 0.4) is 0 Å². The van der Waals surface area contributed by atoms with E-state index < -0.39 is 0 Å². The highest BCUT2D eigenvalue weighted by Gasteiger charge is 2.26. The van der Waals surface area contributed by atoms with E-state index in [4.69, 9.17) is 15.0 Å². The third-order valence-electron chi connectivity index (χ3n) is 18.7. The van der Waals surface area contributed by atoms with Gasteiger partial charge >= 0.3 is 0 Å². The first kappa shape index (κ1) is 58.0. The first-order valence-corrected chi connectivity index (χ1v) is 32.5. The molecule has 0 aliphatic carbocycles. The van der Waals surface area contributed by atoms with Crippen molar-refractivity contribution in [1.82, 2.24) is 24.1 Å². The molecule has 0 bridgehead atoms. The van der Waals surface area contributed by atoms with Crippen molar-refractivity contribution in [2.45, 2.75) is 0 Å². The Morgan fingerprint density at radius 1 is 0.204 bits per heavy atom. The Morgan fingerprint density at radius 3 is 0.847 bits per heavy atom. The van der Waals surface area contributed by atoms with Crippen LogP contribution >= 0.6 is 0 Å². The Labute approximate surface area is 566 Å². The van der Waals surface area contributed by atoms with E-state index in [1.165, 1.54) is 0 Å². The Morgan fingerprint density at radius 2 is 0.490 bits per heavy atom. The number of nitrogens with zero attached hydrogens (tertiary/aromatic N) is 8. The van der Waals surface area contributed by atoms with Crippen LogP contribution in [0.15, 0.2) is 328 Å².